The maximum atomic E-state index is 12.5. The molecule has 0 N–H and O–H groups in total. The Hall–Kier alpha value is -5.74. The van der Waals surface area contributed by atoms with E-state index in [1.165, 1.54) is 39.8 Å². The summed E-state index contributed by atoms with van der Waals surface area (Å²) in [6, 6.07) is 15.0. The first-order valence-corrected chi connectivity index (χ1v) is 15.2. The Labute approximate surface area is 285 Å². The highest BCUT2D eigenvalue weighted by Crippen LogP contribution is 2.41. The van der Waals surface area contributed by atoms with Crippen LogP contribution in [0.4, 0.5) is 0 Å². The van der Waals surface area contributed by atoms with E-state index in [9.17, 15) is 19.2 Å². The number of ether oxygens (including phenoxy) is 6. The number of benzene rings is 3. The molecule has 0 amide bonds. The van der Waals surface area contributed by atoms with Gasteiger partial charge in [0.05, 0.1) is 19.8 Å². The predicted octanol–water partition coefficient (Wildman–Crippen LogP) is 7.36. The van der Waals surface area contributed by atoms with Gasteiger partial charge in [-0.3, -0.25) is 0 Å². The molecule has 254 valence electrons. The average Bonchev–Trinajstić information content (AvgIpc) is 3.03. The van der Waals surface area contributed by atoms with Crippen molar-refractivity contribution in [2.24, 2.45) is 5.41 Å². The van der Waals surface area contributed by atoms with E-state index in [2.05, 4.69) is 26.3 Å². The maximum absolute atomic E-state index is 12.5. The summed E-state index contributed by atoms with van der Waals surface area (Å²) >= 11 is 0. The van der Waals surface area contributed by atoms with E-state index in [0.29, 0.717) is 47.8 Å². The molecule has 3 aromatic carbocycles. The number of hydrogen-bond donors (Lipinski definition) is 0. The van der Waals surface area contributed by atoms with Crippen molar-refractivity contribution in [1.82, 2.24) is 0 Å². The van der Waals surface area contributed by atoms with Gasteiger partial charge in [0.1, 0.15) is 5.75 Å². The second kappa shape index (κ2) is 15.0. The fourth-order valence-corrected chi connectivity index (χ4v) is 4.28. The highest BCUT2D eigenvalue weighted by molar-refractivity contribution is 5.93. The van der Waals surface area contributed by atoms with Crippen molar-refractivity contribution in [2.45, 2.75) is 34.6 Å². The summed E-state index contributed by atoms with van der Waals surface area (Å²) in [6.07, 6.45) is 0. The van der Waals surface area contributed by atoms with Gasteiger partial charge >= 0.3 is 23.9 Å². The summed E-state index contributed by atoms with van der Waals surface area (Å²) in [5.74, 6) is -2.21. The van der Waals surface area contributed by atoms with Gasteiger partial charge in [-0.05, 0) is 74.7 Å². The largest absolute Gasteiger partial charge is 0.492 e. The summed E-state index contributed by atoms with van der Waals surface area (Å²) in [4.78, 5) is 49.6. The summed E-state index contributed by atoms with van der Waals surface area (Å²) in [5.41, 5.74) is 2.98. The van der Waals surface area contributed by atoms with E-state index in [1.807, 2.05) is 25.1 Å². The van der Waals surface area contributed by atoms with Gasteiger partial charge in [0.25, 0.3) is 0 Å². The first kappa shape index (κ1) is 36.1. The van der Waals surface area contributed by atoms with Gasteiger partial charge in [-0.2, -0.15) is 0 Å². The molecule has 4 rings (SSSR count). The van der Waals surface area contributed by atoms with E-state index in [1.54, 1.807) is 24.3 Å². The Kier molecular flexibility index (Phi) is 11.0. The van der Waals surface area contributed by atoms with Crippen molar-refractivity contribution < 1.29 is 47.6 Å². The van der Waals surface area contributed by atoms with Crippen LogP contribution in [-0.4, -0.2) is 43.7 Å². The van der Waals surface area contributed by atoms with Crippen molar-refractivity contribution in [3.63, 3.8) is 0 Å². The molecule has 0 aromatic heterocycles. The lowest BCUT2D eigenvalue weighted by Crippen LogP contribution is -2.44. The van der Waals surface area contributed by atoms with Gasteiger partial charge in [-0.25, -0.2) is 19.2 Å². The lowest BCUT2D eigenvalue weighted by Gasteiger charge is -2.37. The molecule has 1 saturated heterocycles. The molecule has 1 aliphatic heterocycles. The zero-order valence-electron chi connectivity index (χ0n) is 28.2. The molecule has 0 unspecified atom stereocenters. The molecule has 1 fully saturated rings. The van der Waals surface area contributed by atoms with Crippen molar-refractivity contribution >= 4 is 23.9 Å². The molecule has 10 nitrogen and oxygen atoms in total. The highest BCUT2D eigenvalue weighted by Gasteiger charge is 2.34. The van der Waals surface area contributed by atoms with E-state index in [0.717, 1.165) is 0 Å². The van der Waals surface area contributed by atoms with Crippen molar-refractivity contribution in [3.8, 4) is 51.0 Å². The third-order valence-electron chi connectivity index (χ3n) is 7.20. The van der Waals surface area contributed by atoms with Gasteiger partial charge < -0.3 is 28.4 Å². The fraction of sp³-hybridized carbons (Fsp3) is 0.231. The molecule has 1 aliphatic rings. The normalized spacial score (nSPS) is 12.8. The van der Waals surface area contributed by atoms with Crippen molar-refractivity contribution in [3.05, 3.63) is 103 Å². The van der Waals surface area contributed by atoms with Crippen LogP contribution in [0, 0.1) is 5.41 Å². The molecule has 0 saturated carbocycles. The second-order valence-electron chi connectivity index (χ2n) is 12.3. The number of carbonyl (C=O) groups excluding carboxylic acids is 4. The Bertz CT molecular complexity index is 1890. The maximum Gasteiger partial charge on any atom is 0.338 e. The quantitative estimate of drug-likeness (QED) is 0.104. The van der Waals surface area contributed by atoms with Crippen LogP contribution in [0.2, 0.25) is 0 Å². The Morgan fingerprint density at radius 1 is 0.571 bits per heavy atom. The van der Waals surface area contributed by atoms with E-state index in [4.69, 9.17) is 28.4 Å². The summed E-state index contributed by atoms with van der Waals surface area (Å²) < 4.78 is 33.7. The molecule has 49 heavy (non-hydrogen) atoms. The standard InChI is InChI=1S/C39H38O10/c1-22(2)35(40)46-30-14-11-27(17-33(30)48-37(42)24(5)6)26-10-13-29(32(16-26)45-21-39(9)19-44-20-39)28-12-15-31(47-36(41)23(3)4)34(18-28)49-38(43)25(7)8/h10-18H,1,3,5,7,19-21H2,2,4,6,8-9H3. The van der Waals surface area contributed by atoms with Crippen LogP contribution in [0.3, 0.4) is 0 Å². The lowest BCUT2D eigenvalue weighted by atomic mass is 9.90. The second-order valence-corrected chi connectivity index (χ2v) is 12.3. The SMILES string of the molecule is C=C(C)C(=O)Oc1ccc(-c2ccc(-c3ccc(OC(=O)C(=C)C)c(OC(=O)C(=C)C)c3)c(OCC3(C)COC3)c2)cc1OC(=O)C(=C)C. The molecule has 0 aliphatic carbocycles. The number of carbonyl (C=O) groups is 4. The molecule has 0 radical (unpaired) electrons. The van der Waals surface area contributed by atoms with E-state index >= 15 is 0 Å². The van der Waals surface area contributed by atoms with Crippen LogP contribution in [0.25, 0.3) is 22.3 Å². The zero-order chi connectivity index (χ0) is 36.0. The highest BCUT2D eigenvalue weighted by atomic mass is 16.6. The summed E-state index contributed by atoms with van der Waals surface area (Å²) in [7, 11) is 0. The van der Waals surface area contributed by atoms with E-state index < -0.39 is 23.9 Å². The van der Waals surface area contributed by atoms with Crippen molar-refractivity contribution in [1.29, 1.82) is 0 Å². The van der Waals surface area contributed by atoms with Gasteiger partial charge in [0.15, 0.2) is 23.0 Å². The first-order chi connectivity index (χ1) is 23.1. The number of esters is 4. The summed E-state index contributed by atoms with van der Waals surface area (Å²) in [6.45, 7) is 23.9. The Morgan fingerprint density at radius 3 is 1.35 bits per heavy atom. The minimum Gasteiger partial charge on any atom is -0.492 e. The first-order valence-electron chi connectivity index (χ1n) is 15.2. The minimum atomic E-state index is -0.699. The van der Waals surface area contributed by atoms with Crippen LogP contribution in [0.5, 0.6) is 28.7 Å². The van der Waals surface area contributed by atoms with Crippen LogP contribution >= 0.6 is 0 Å². The topological polar surface area (TPSA) is 124 Å². The van der Waals surface area contributed by atoms with Gasteiger partial charge in [0, 0.05) is 33.3 Å². The molecule has 3 aromatic rings. The van der Waals surface area contributed by atoms with Crippen LogP contribution in [0.1, 0.15) is 34.6 Å². The molecule has 0 atom stereocenters. The third kappa shape index (κ3) is 9.00. The lowest BCUT2D eigenvalue weighted by molar-refractivity contribution is -0.132. The predicted molar refractivity (Wildman–Crippen MR) is 184 cm³/mol. The zero-order valence-corrected chi connectivity index (χ0v) is 28.2. The number of rotatable bonds is 13. The Balaban J connectivity index is 1.81. The van der Waals surface area contributed by atoms with Crippen LogP contribution in [-0.2, 0) is 23.9 Å². The van der Waals surface area contributed by atoms with Crippen molar-refractivity contribution in [2.75, 3.05) is 19.8 Å². The third-order valence-corrected chi connectivity index (χ3v) is 7.20. The van der Waals surface area contributed by atoms with Gasteiger partial charge in [-0.1, -0.05) is 57.5 Å². The molecular formula is C39H38O10. The number of hydrogen-bond acceptors (Lipinski definition) is 10. The molecule has 1 heterocycles. The average molecular weight is 667 g/mol. The molecule has 0 bridgehead atoms. The molecule has 0 spiro atoms. The fourth-order valence-electron chi connectivity index (χ4n) is 4.28. The van der Waals surface area contributed by atoms with Crippen LogP contribution < -0.4 is 23.7 Å². The molecular weight excluding hydrogens is 628 g/mol. The summed E-state index contributed by atoms with van der Waals surface area (Å²) in [5, 5.41) is 0. The monoisotopic (exact) mass is 666 g/mol. The molecule has 10 heteroatoms. The van der Waals surface area contributed by atoms with Gasteiger partial charge in [0.2, 0.25) is 0 Å². The smallest absolute Gasteiger partial charge is 0.338 e. The Morgan fingerprint density at radius 2 is 0.939 bits per heavy atom. The van der Waals surface area contributed by atoms with E-state index in [-0.39, 0.29) is 50.7 Å². The van der Waals surface area contributed by atoms with Gasteiger partial charge in [-0.15, -0.1) is 0 Å². The minimum absolute atomic E-state index is 0.00153. The van der Waals surface area contributed by atoms with Crippen LogP contribution in [0.15, 0.2) is 103 Å².